The van der Waals surface area contributed by atoms with E-state index in [2.05, 4.69) is 17.6 Å². The van der Waals surface area contributed by atoms with Crippen molar-refractivity contribution in [3.8, 4) is 0 Å². The molecule has 5 heteroatoms. The summed E-state index contributed by atoms with van der Waals surface area (Å²) < 4.78 is 10.6. The Kier molecular flexibility index (Phi) is 8.66. The molecular weight excluding hydrogens is 268 g/mol. The lowest BCUT2D eigenvalue weighted by molar-refractivity contribution is -0.127. The fourth-order valence-electron chi connectivity index (χ4n) is 1.78. The number of ether oxygens (including phenoxy) is 2. The average Bonchev–Trinajstić information content (AvgIpc) is 2.49. The van der Waals surface area contributed by atoms with E-state index in [0.29, 0.717) is 19.8 Å². The van der Waals surface area contributed by atoms with Crippen LogP contribution < -0.4 is 10.6 Å². The van der Waals surface area contributed by atoms with Crippen molar-refractivity contribution in [3.63, 3.8) is 0 Å². The summed E-state index contributed by atoms with van der Waals surface area (Å²) in [5.41, 5.74) is 1.93. The van der Waals surface area contributed by atoms with Crippen molar-refractivity contribution >= 4 is 11.6 Å². The first-order valence-electron chi connectivity index (χ1n) is 7.47. The van der Waals surface area contributed by atoms with E-state index in [0.717, 1.165) is 24.3 Å². The molecule has 118 valence electrons. The van der Waals surface area contributed by atoms with Crippen LogP contribution in [0.25, 0.3) is 0 Å². The zero-order chi connectivity index (χ0) is 15.5. The lowest BCUT2D eigenvalue weighted by Crippen LogP contribution is -2.29. The summed E-state index contributed by atoms with van der Waals surface area (Å²) >= 11 is 0. The number of nitrogens with one attached hydrogen (secondary N) is 2. The summed E-state index contributed by atoms with van der Waals surface area (Å²) in [5.74, 6) is -0.146. The minimum atomic E-state index is -0.497. The highest BCUT2D eigenvalue weighted by Gasteiger charge is 2.13. The quantitative estimate of drug-likeness (QED) is 0.649. The molecule has 1 rings (SSSR count). The zero-order valence-electron chi connectivity index (χ0n) is 13.1. The van der Waals surface area contributed by atoms with Crippen LogP contribution in [0.2, 0.25) is 0 Å². The first-order valence-corrected chi connectivity index (χ1v) is 7.47. The standard InChI is InChI=1S/C16H26N2O3/c1-4-17-12-14-7-6-8-15(11-14)18-16(19)13(3)21-10-9-20-5-2/h6-8,11,13,17H,4-5,9-10,12H2,1-3H3,(H,18,19). The van der Waals surface area contributed by atoms with Gasteiger partial charge in [0.15, 0.2) is 0 Å². The van der Waals surface area contributed by atoms with E-state index >= 15 is 0 Å². The monoisotopic (exact) mass is 294 g/mol. The summed E-state index contributed by atoms with van der Waals surface area (Å²) in [7, 11) is 0. The highest BCUT2D eigenvalue weighted by Crippen LogP contribution is 2.11. The number of hydrogen-bond acceptors (Lipinski definition) is 4. The molecule has 0 saturated heterocycles. The van der Waals surface area contributed by atoms with Gasteiger partial charge in [-0.2, -0.15) is 0 Å². The van der Waals surface area contributed by atoms with E-state index < -0.39 is 6.10 Å². The number of amides is 1. The molecule has 0 spiro atoms. The number of carbonyl (C=O) groups excluding carboxylic acids is 1. The highest BCUT2D eigenvalue weighted by molar-refractivity contribution is 5.93. The SMILES string of the molecule is CCNCc1cccc(NC(=O)C(C)OCCOCC)c1. The Labute approximate surface area is 127 Å². The lowest BCUT2D eigenvalue weighted by Gasteiger charge is -2.14. The van der Waals surface area contributed by atoms with E-state index in [1.807, 2.05) is 31.2 Å². The van der Waals surface area contributed by atoms with E-state index in [-0.39, 0.29) is 5.91 Å². The van der Waals surface area contributed by atoms with Crippen molar-refractivity contribution in [1.29, 1.82) is 0 Å². The molecule has 0 bridgehead atoms. The minimum Gasteiger partial charge on any atom is -0.379 e. The number of anilines is 1. The molecular formula is C16H26N2O3. The van der Waals surface area contributed by atoms with Crippen LogP contribution in [-0.2, 0) is 20.8 Å². The third-order valence-electron chi connectivity index (χ3n) is 2.94. The predicted molar refractivity (Wildman–Crippen MR) is 84.4 cm³/mol. The van der Waals surface area contributed by atoms with Gasteiger partial charge in [-0.15, -0.1) is 0 Å². The van der Waals surface area contributed by atoms with Crippen LogP contribution in [0.4, 0.5) is 5.69 Å². The maximum absolute atomic E-state index is 12.0. The molecule has 21 heavy (non-hydrogen) atoms. The van der Waals surface area contributed by atoms with Crippen LogP contribution in [0.5, 0.6) is 0 Å². The van der Waals surface area contributed by atoms with Crippen LogP contribution in [0.1, 0.15) is 26.3 Å². The minimum absolute atomic E-state index is 0.146. The van der Waals surface area contributed by atoms with Crippen LogP contribution in [-0.4, -0.2) is 38.4 Å². The van der Waals surface area contributed by atoms with Crippen molar-refractivity contribution in [3.05, 3.63) is 29.8 Å². The van der Waals surface area contributed by atoms with E-state index in [1.165, 1.54) is 0 Å². The molecule has 0 aliphatic carbocycles. The molecule has 1 unspecified atom stereocenters. The van der Waals surface area contributed by atoms with Gasteiger partial charge in [0.25, 0.3) is 5.91 Å². The molecule has 0 radical (unpaired) electrons. The van der Waals surface area contributed by atoms with Crippen molar-refractivity contribution in [2.24, 2.45) is 0 Å². The van der Waals surface area contributed by atoms with Crippen molar-refractivity contribution in [1.82, 2.24) is 5.32 Å². The van der Waals surface area contributed by atoms with Crippen molar-refractivity contribution in [2.75, 3.05) is 31.7 Å². The number of benzene rings is 1. The molecule has 1 aromatic carbocycles. The van der Waals surface area contributed by atoms with Crippen LogP contribution in [0, 0.1) is 0 Å². The molecule has 0 heterocycles. The van der Waals surface area contributed by atoms with E-state index in [1.54, 1.807) is 6.92 Å². The van der Waals surface area contributed by atoms with Crippen LogP contribution >= 0.6 is 0 Å². The molecule has 1 aromatic rings. The zero-order valence-corrected chi connectivity index (χ0v) is 13.1. The number of hydrogen-bond donors (Lipinski definition) is 2. The first kappa shape index (κ1) is 17.6. The second-order valence-corrected chi connectivity index (χ2v) is 4.68. The summed E-state index contributed by atoms with van der Waals surface area (Å²) in [6.45, 7) is 9.02. The van der Waals surface area contributed by atoms with Gasteiger partial charge in [0.1, 0.15) is 6.10 Å². The summed E-state index contributed by atoms with van der Waals surface area (Å²) in [4.78, 5) is 12.0. The van der Waals surface area contributed by atoms with Gasteiger partial charge in [-0.1, -0.05) is 19.1 Å². The maximum atomic E-state index is 12.0. The van der Waals surface area contributed by atoms with Gasteiger partial charge in [-0.3, -0.25) is 4.79 Å². The van der Waals surface area contributed by atoms with Crippen molar-refractivity contribution in [2.45, 2.75) is 33.4 Å². The fraction of sp³-hybridized carbons (Fsp3) is 0.562. The van der Waals surface area contributed by atoms with E-state index in [4.69, 9.17) is 9.47 Å². The van der Waals surface area contributed by atoms with Gasteiger partial charge in [-0.25, -0.2) is 0 Å². The second-order valence-electron chi connectivity index (χ2n) is 4.68. The average molecular weight is 294 g/mol. The van der Waals surface area contributed by atoms with Gasteiger partial charge in [0, 0.05) is 18.8 Å². The van der Waals surface area contributed by atoms with Gasteiger partial charge in [0.05, 0.1) is 13.2 Å². The molecule has 0 saturated carbocycles. The van der Waals surface area contributed by atoms with Gasteiger partial charge >= 0.3 is 0 Å². The molecule has 2 N–H and O–H groups in total. The first-order chi connectivity index (χ1) is 10.2. The maximum Gasteiger partial charge on any atom is 0.253 e. The van der Waals surface area contributed by atoms with Gasteiger partial charge in [0.2, 0.25) is 0 Å². The lowest BCUT2D eigenvalue weighted by atomic mass is 10.2. The third kappa shape index (κ3) is 7.22. The molecule has 0 fully saturated rings. The molecule has 0 aromatic heterocycles. The predicted octanol–water partition coefficient (Wildman–Crippen LogP) is 2.18. The van der Waals surface area contributed by atoms with E-state index in [9.17, 15) is 4.79 Å². The number of rotatable bonds is 10. The van der Waals surface area contributed by atoms with Gasteiger partial charge in [-0.05, 0) is 38.1 Å². The molecule has 0 aliphatic rings. The Hall–Kier alpha value is -1.43. The number of carbonyl (C=O) groups is 1. The normalized spacial score (nSPS) is 12.1. The molecule has 5 nitrogen and oxygen atoms in total. The Bertz CT molecular complexity index is 424. The largest absolute Gasteiger partial charge is 0.379 e. The van der Waals surface area contributed by atoms with Gasteiger partial charge < -0.3 is 20.1 Å². The van der Waals surface area contributed by atoms with Crippen LogP contribution in [0.15, 0.2) is 24.3 Å². The highest BCUT2D eigenvalue weighted by atomic mass is 16.5. The van der Waals surface area contributed by atoms with Crippen molar-refractivity contribution < 1.29 is 14.3 Å². The Morgan fingerprint density at radius 1 is 1.29 bits per heavy atom. The summed E-state index contributed by atoms with van der Waals surface area (Å²) in [5, 5.41) is 6.12. The Morgan fingerprint density at radius 2 is 2.10 bits per heavy atom. The topological polar surface area (TPSA) is 59.6 Å². The smallest absolute Gasteiger partial charge is 0.253 e. The molecule has 0 aliphatic heterocycles. The van der Waals surface area contributed by atoms with Crippen LogP contribution in [0.3, 0.4) is 0 Å². The summed E-state index contributed by atoms with van der Waals surface area (Å²) in [6.07, 6.45) is -0.497. The fourth-order valence-corrected chi connectivity index (χ4v) is 1.78. The summed E-state index contributed by atoms with van der Waals surface area (Å²) in [6, 6.07) is 7.80. The Balaban J connectivity index is 2.42. The Morgan fingerprint density at radius 3 is 2.81 bits per heavy atom. The molecule has 1 atom stereocenters. The third-order valence-corrected chi connectivity index (χ3v) is 2.94. The second kappa shape index (κ2) is 10.3. The molecule has 1 amide bonds.